The maximum absolute atomic E-state index is 13.0. The molecule has 146 valence electrons. The summed E-state index contributed by atoms with van der Waals surface area (Å²) in [5.74, 6) is -0.265. The maximum Gasteiger partial charge on any atom is 0.297 e. The molecule has 0 aliphatic carbocycles. The monoisotopic (exact) mass is 397 g/mol. The van der Waals surface area contributed by atoms with Gasteiger partial charge >= 0.3 is 0 Å². The molecule has 0 saturated carbocycles. The molecule has 1 aromatic heterocycles. The van der Waals surface area contributed by atoms with Crippen LogP contribution in [0.2, 0.25) is 0 Å². The van der Waals surface area contributed by atoms with Crippen LogP contribution in [-0.2, 0) is 13.2 Å². The van der Waals surface area contributed by atoms with Crippen molar-refractivity contribution in [3.8, 4) is 22.8 Å². The molecule has 0 unspecified atom stereocenters. The lowest BCUT2D eigenvalue weighted by Crippen LogP contribution is -2.26. The summed E-state index contributed by atoms with van der Waals surface area (Å²) in [6, 6.07) is 17.2. The minimum absolute atomic E-state index is 0.0979. The number of rotatable bonds is 7. The quantitative estimate of drug-likeness (QED) is 0.593. The fourth-order valence-electron chi connectivity index (χ4n) is 3.10. The zero-order valence-electron chi connectivity index (χ0n) is 15.9. The van der Waals surface area contributed by atoms with E-state index in [9.17, 15) is 15.0 Å². The first-order chi connectivity index (χ1) is 13.6. The van der Waals surface area contributed by atoms with Gasteiger partial charge in [-0.3, -0.25) is 4.79 Å². The van der Waals surface area contributed by atoms with E-state index in [0.717, 1.165) is 16.0 Å². The molecule has 0 radical (unpaired) electrons. The van der Waals surface area contributed by atoms with Gasteiger partial charge in [-0.2, -0.15) is 0 Å². The minimum atomic E-state index is -0.461. The van der Waals surface area contributed by atoms with Crippen molar-refractivity contribution >= 4 is 11.8 Å². The topological polar surface area (TPSA) is 71.7 Å². The molecular formula is C22H23NO4S. The number of thioether (sulfide) groups is 1. The molecule has 3 aromatic rings. The summed E-state index contributed by atoms with van der Waals surface area (Å²) < 4.78 is 7.14. The van der Waals surface area contributed by atoms with Gasteiger partial charge in [0.25, 0.3) is 5.56 Å². The Morgan fingerprint density at radius 1 is 1.07 bits per heavy atom. The highest BCUT2D eigenvalue weighted by atomic mass is 32.2. The third kappa shape index (κ3) is 4.08. The molecule has 2 N–H and O–H groups in total. The van der Waals surface area contributed by atoms with E-state index in [2.05, 4.69) is 0 Å². The molecule has 28 heavy (non-hydrogen) atoms. The number of ether oxygens (including phenoxy) is 1. The molecule has 0 bridgehead atoms. The van der Waals surface area contributed by atoms with Gasteiger partial charge in [0.2, 0.25) is 5.75 Å². The minimum Gasteiger partial charge on any atom is -0.504 e. The second-order valence-corrected chi connectivity index (χ2v) is 7.21. The summed E-state index contributed by atoms with van der Waals surface area (Å²) in [5, 5.41) is 20.2. The SMILES string of the molecule is CSc1ccc(-c2c(C)c(O)c(OCc3ccccc3)c(=O)n2CCO)cc1. The highest BCUT2D eigenvalue weighted by molar-refractivity contribution is 7.98. The van der Waals surface area contributed by atoms with Crippen molar-refractivity contribution in [1.82, 2.24) is 4.57 Å². The predicted molar refractivity (Wildman–Crippen MR) is 112 cm³/mol. The van der Waals surface area contributed by atoms with Crippen LogP contribution >= 0.6 is 11.8 Å². The fourth-order valence-corrected chi connectivity index (χ4v) is 3.51. The van der Waals surface area contributed by atoms with Gasteiger partial charge in [0.05, 0.1) is 12.3 Å². The summed E-state index contributed by atoms with van der Waals surface area (Å²) in [6.07, 6.45) is 1.99. The van der Waals surface area contributed by atoms with E-state index in [0.29, 0.717) is 11.3 Å². The Labute approximate surface area is 168 Å². The Hall–Kier alpha value is -2.70. The van der Waals surface area contributed by atoms with Crippen molar-refractivity contribution < 1.29 is 14.9 Å². The van der Waals surface area contributed by atoms with Gasteiger partial charge in [-0.05, 0) is 36.4 Å². The molecule has 3 rings (SSSR count). The van der Waals surface area contributed by atoms with Gasteiger partial charge < -0.3 is 19.5 Å². The Balaban J connectivity index is 2.07. The van der Waals surface area contributed by atoms with E-state index < -0.39 is 5.56 Å². The Bertz CT molecular complexity index is 998. The summed E-state index contributed by atoms with van der Waals surface area (Å²) in [5.41, 5.74) is 2.34. The Morgan fingerprint density at radius 3 is 2.36 bits per heavy atom. The zero-order valence-corrected chi connectivity index (χ0v) is 16.7. The highest BCUT2D eigenvalue weighted by Crippen LogP contribution is 2.35. The molecule has 0 amide bonds. The van der Waals surface area contributed by atoms with Gasteiger partial charge in [0, 0.05) is 17.0 Å². The molecular weight excluding hydrogens is 374 g/mol. The molecule has 0 atom stereocenters. The summed E-state index contributed by atoms with van der Waals surface area (Å²) in [4.78, 5) is 14.1. The van der Waals surface area contributed by atoms with Crippen molar-refractivity contribution in [2.45, 2.75) is 25.0 Å². The molecule has 0 fully saturated rings. The van der Waals surface area contributed by atoms with Crippen molar-refractivity contribution in [2.24, 2.45) is 0 Å². The lowest BCUT2D eigenvalue weighted by molar-refractivity contribution is 0.263. The summed E-state index contributed by atoms with van der Waals surface area (Å²) in [6.45, 7) is 1.83. The van der Waals surface area contributed by atoms with Gasteiger partial charge in [-0.1, -0.05) is 42.5 Å². The first-order valence-corrected chi connectivity index (χ1v) is 10.2. The number of aliphatic hydroxyl groups excluding tert-OH is 1. The predicted octanol–water partition coefficient (Wildman–Crippen LogP) is 3.82. The van der Waals surface area contributed by atoms with Crippen LogP contribution in [0.25, 0.3) is 11.3 Å². The van der Waals surface area contributed by atoms with Gasteiger partial charge in [0.15, 0.2) is 5.75 Å². The van der Waals surface area contributed by atoms with Gasteiger partial charge in [-0.15, -0.1) is 11.8 Å². The first kappa shape index (κ1) is 20.0. The lowest BCUT2D eigenvalue weighted by Gasteiger charge is -2.19. The zero-order chi connectivity index (χ0) is 20.1. The molecule has 6 heteroatoms. The number of aromatic nitrogens is 1. The van der Waals surface area contributed by atoms with Crippen molar-refractivity contribution in [3.05, 3.63) is 76.1 Å². The van der Waals surface area contributed by atoms with Gasteiger partial charge in [0.1, 0.15) is 6.61 Å². The van der Waals surface area contributed by atoms with Crippen LogP contribution in [0.15, 0.2) is 64.3 Å². The largest absolute Gasteiger partial charge is 0.504 e. The number of aromatic hydroxyl groups is 1. The molecule has 0 aliphatic rings. The van der Waals surface area contributed by atoms with E-state index in [-0.39, 0.29) is 31.3 Å². The molecule has 0 saturated heterocycles. The van der Waals surface area contributed by atoms with Crippen molar-refractivity contribution in [1.29, 1.82) is 0 Å². The van der Waals surface area contributed by atoms with Crippen LogP contribution < -0.4 is 10.3 Å². The highest BCUT2D eigenvalue weighted by Gasteiger charge is 2.21. The summed E-state index contributed by atoms with van der Waals surface area (Å²) >= 11 is 1.63. The first-order valence-electron chi connectivity index (χ1n) is 8.95. The van der Waals surface area contributed by atoms with Crippen LogP contribution in [0.3, 0.4) is 0 Å². The lowest BCUT2D eigenvalue weighted by atomic mass is 10.0. The van der Waals surface area contributed by atoms with Crippen molar-refractivity contribution in [2.75, 3.05) is 12.9 Å². The van der Waals surface area contributed by atoms with Crippen LogP contribution in [0.4, 0.5) is 0 Å². The molecule has 5 nitrogen and oxygen atoms in total. The van der Waals surface area contributed by atoms with E-state index in [1.807, 2.05) is 60.9 Å². The van der Waals surface area contributed by atoms with Crippen molar-refractivity contribution in [3.63, 3.8) is 0 Å². The Morgan fingerprint density at radius 2 is 1.75 bits per heavy atom. The number of hydrogen-bond acceptors (Lipinski definition) is 5. The van der Waals surface area contributed by atoms with Crippen LogP contribution in [0.5, 0.6) is 11.5 Å². The molecule has 0 spiro atoms. The standard InChI is InChI=1S/C22H23NO4S/c1-15-19(17-8-10-18(28-2)11-9-17)23(12-13-24)22(26)21(20(15)25)27-14-16-6-4-3-5-7-16/h3-11,24-25H,12-14H2,1-2H3. The summed E-state index contributed by atoms with van der Waals surface area (Å²) in [7, 11) is 0. The second kappa shape index (κ2) is 8.99. The average Bonchev–Trinajstić information content (AvgIpc) is 2.73. The Kier molecular flexibility index (Phi) is 6.44. The third-order valence-electron chi connectivity index (χ3n) is 4.55. The molecule has 0 aliphatic heterocycles. The number of hydrogen-bond donors (Lipinski definition) is 2. The van der Waals surface area contributed by atoms with Crippen LogP contribution in [0.1, 0.15) is 11.1 Å². The van der Waals surface area contributed by atoms with E-state index in [1.54, 1.807) is 18.7 Å². The normalized spacial score (nSPS) is 10.8. The van der Waals surface area contributed by atoms with Crippen LogP contribution in [0, 0.1) is 6.92 Å². The second-order valence-electron chi connectivity index (χ2n) is 6.33. The number of benzene rings is 2. The van der Waals surface area contributed by atoms with E-state index in [4.69, 9.17) is 4.74 Å². The van der Waals surface area contributed by atoms with E-state index in [1.165, 1.54) is 4.57 Å². The number of aliphatic hydroxyl groups is 1. The molecule has 1 heterocycles. The fraction of sp³-hybridized carbons (Fsp3) is 0.227. The number of pyridine rings is 1. The van der Waals surface area contributed by atoms with Crippen LogP contribution in [-0.4, -0.2) is 27.6 Å². The molecule has 2 aromatic carbocycles. The van der Waals surface area contributed by atoms with E-state index >= 15 is 0 Å². The van der Waals surface area contributed by atoms with Gasteiger partial charge in [-0.25, -0.2) is 0 Å². The number of nitrogens with zero attached hydrogens (tertiary/aromatic N) is 1. The third-order valence-corrected chi connectivity index (χ3v) is 5.29. The maximum atomic E-state index is 13.0. The smallest absolute Gasteiger partial charge is 0.297 e. The average molecular weight is 397 g/mol.